The molecule has 0 bridgehead atoms. The number of para-hydroxylation sites is 1. The largest absolute Gasteiger partial charge is 0.374 e. The van der Waals surface area contributed by atoms with Gasteiger partial charge in [0.05, 0.1) is 17.5 Å². The van der Waals surface area contributed by atoms with Crippen LogP contribution in [0.1, 0.15) is 11.5 Å². The number of hydrogen-bond donors (Lipinski definition) is 0. The van der Waals surface area contributed by atoms with Gasteiger partial charge in [0, 0.05) is 23.8 Å². The number of carbonyl (C=O) groups is 2. The summed E-state index contributed by atoms with van der Waals surface area (Å²) in [6.45, 7) is 0.563. The molecule has 0 saturated carbocycles. The molecule has 23 heavy (non-hydrogen) atoms. The Hall–Kier alpha value is -2.14. The van der Waals surface area contributed by atoms with Crippen LogP contribution in [0.2, 0.25) is 0 Å². The van der Waals surface area contributed by atoms with Crippen molar-refractivity contribution in [2.24, 2.45) is 5.92 Å². The standard InChI is InChI=1S/C18H15BrN2O2/c1-20-10-14-16(13-9-11(19)7-8-15(13)20)18(23)21(17(14)22)12-5-3-2-4-6-12/h2-9,14,16H,10H2,1H3/t14-,16+/m0/s1. The third kappa shape index (κ3) is 2.10. The highest BCUT2D eigenvalue weighted by molar-refractivity contribution is 9.10. The van der Waals surface area contributed by atoms with Gasteiger partial charge in [-0.15, -0.1) is 0 Å². The number of amides is 2. The van der Waals surface area contributed by atoms with Gasteiger partial charge < -0.3 is 4.90 Å². The fourth-order valence-corrected chi connectivity index (χ4v) is 3.99. The molecule has 0 N–H and O–H groups in total. The van der Waals surface area contributed by atoms with Gasteiger partial charge >= 0.3 is 0 Å². The minimum atomic E-state index is -0.397. The predicted octanol–water partition coefficient (Wildman–Crippen LogP) is 3.17. The first-order valence-electron chi connectivity index (χ1n) is 7.51. The fourth-order valence-electron chi connectivity index (χ4n) is 3.61. The first kappa shape index (κ1) is 14.5. The molecule has 2 aromatic carbocycles. The number of halogens is 1. The molecule has 1 saturated heterocycles. The van der Waals surface area contributed by atoms with Crippen LogP contribution in [0.15, 0.2) is 53.0 Å². The molecule has 2 heterocycles. The quantitative estimate of drug-likeness (QED) is 0.723. The Labute approximate surface area is 142 Å². The molecule has 4 rings (SSSR count). The van der Waals surface area contributed by atoms with Crippen molar-refractivity contribution in [1.29, 1.82) is 0 Å². The summed E-state index contributed by atoms with van der Waals surface area (Å²) < 4.78 is 0.920. The van der Waals surface area contributed by atoms with E-state index in [-0.39, 0.29) is 17.7 Å². The van der Waals surface area contributed by atoms with E-state index in [1.165, 1.54) is 4.90 Å². The third-order valence-electron chi connectivity index (χ3n) is 4.65. The molecular weight excluding hydrogens is 356 g/mol. The minimum absolute atomic E-state index is 0.108. The third-order valence-corrected chi connectivity index (χ3v) is 5.14. The second-order valence-corrected chi connectivity index (χ2v) is 6.93. The summed E-state index contributed by atoms with van der Waals surface area (Å²) in [6, 6.07) is 15.1. The lowest BCUT2D eigenvalue weighted by Gasteiger charge is -2.33. The van der Waals surface area contributed by atoms with Gasteiger partial charge in [-0.2, -0.15) is 0 Å². The number of benzene rings is 2. The summed E-state index contributed by atoms with van der Waals surface area (Å²) in [5.74, 6) is -0.955. The molecular formula is C18H15BrN2O2. The average molecular weight is 371 g/mol. The van der Waals surface area contributed by atoms with E-state index in [1.807, 2.05) is 43.4 Å². The second-order valence-electron chi connectivity index (χ2n) is 6.02. The SMILES string of the molecule is CN1C[C@@H]2C(=O)N(c3ccccc3)C(=O)[C@@H]2c2cc(Br)ccc21. The van der Waals surface area contributed by atoms with Gasteiger partial charge in [-0.05, 0) is 35.9 Å². The zero-order valence-corrected chi connectivity index (χ0v) is 14.2. The van der Waals surface area contributed by atoms with Gasteiger partial charge in [0.2, 0.25) is 11.8 Å². The maximum absolute atomic E-state index is 13.0. The molecule has 2 atom stereocenters. The predicted molar refractivity (Wildman–Crippen MR) is 92.6 cm³/mol. The highest BCUT2D eigenvalue weighted by atomic mass is 79.9. The Kier molecular flexibility index (Phi) is 3.27. The van der Waals surface area contributed by atoms with Crippen molar-refractivity contribution in [3.63, 3.8) is 0 Å². The summed E-state index contributed by atoms with van der Waals surface area (Å²) >= 11 is 3.47. The summed E-state index contributed by atoms with van der Waals surface area (Å²) in [4.78, 5) is 29.3. The van der Waals surface area contributed by atoms with Crippen LogP contribution in [-0.4, -0.2) is 25.4 Å². The fraction of sp³-hybridized carbons (Fsp3) is 0.222. The van der Waals surface area contributed by atoms with Crippen molar-refractivity contribution in [2.45, 2.75) is 5.92 Å². The van der Waals surface area contributed by atoms with E-state index >= 15 is 0 Å². The maximum Gasteiger partial charge on any atom is 0.242 e. The van der Waals surface area contributed by atoms with Crippen LogP contribution < -0.4 is 9.80 Å². The minimum Gasteiger partial charge on any atom is -0.374 e. The topological polar surface area (TPSA) is 40.6 Å². The highest BCUT2D eigenvalue weighted by Gasteiger charge is 2.52. The molecule has 1 fully saturated rings. The molecule has 2 aromatic rings. The normalized spacial score (nSPS) is 23.0. The van der Waals surface area contributed by atoms with Crippen molar-refractivity contribution in [2.75, 3.05) is 23.4 Å². The van der Waals surface area contributed by atoms with E-state index < -0.39 is 5.92 Å². The Morgan fingerprint density at radius 1 is 1.04 bits per heavy atom. The van der Waals surface area contributed by atoms with Crippen LogP contribution in [0.25, 0.3) is 0 Å². The summed E-state index contributed by atoms with van der Waals surface area (Å²) in [5, 5.41) is 0. The average Bonchev–Trinajstić information content (AvgIpc) is 2.79. The van der Waals surface area contributed by atoms with E-state index in [4.69, 9.17) is 0 Å². The van der Waals surface area contributed by atoms with Crippen molar-refractivity contribution < 1.29 is 9.59 Å². The lowest BCUT2D eigenvalue weighted by atomic mass is 9.83. The molecule has 0 spiro atoms. The van der Waals surface area contributed by atoms with Crippen molar-refractivity contribution in [1.82, 2.24) is 0 Å². The van der Waals surface area contributed by atoms with E-state index in [0.29, 0.717) is 12.2 Å². The van der Waals surface area contributed by atoms with Gasteiger partial charge in [0.25, 0.3) is 0 Å². The van der Waals surface area contributed by atoms with Crippen molar-refractivity contribution in [3.05, 3.63) is 58.6 Å². The molecule has 2 aliphatic rings. The maximum atomic E-state index is 13.0. The summed E-state index contributed by atoms with van der Waals surface area (Å²) in [5.41, 5.74) is 2.59. The number of carbonyl (C=O) groups excluding carboxylic acids is 2. The van der Waals surface area contributed by atoms with Gasteiger partial charge in [0.15, 0.2) is 0 Å². The van der Waals surface area contributed by atoms with Crippen LogP contribution in [0.5, 0.6) is 0 Å². The van der Waals surface area contributed by atoms with Crippen LogP contribution in [0.4, 0.5) is 11.4 Å². The van der Waals surface area contributed by atoms with E-state index in [2.05, 4.69) is 20.8 Å². The lowest BCUT2D eigenvalue weighted by molar-refractivity contribution is -0.122. The smallest absolute Gasteiger partial charge is 0.242 e. The monoisotopic (exact) mass is 370 g/mol. The van der Waals surface area contributed by atoms with E-state index in [1.54, 1.807) is 12.1 Å². The van der Waals surface area contributed by atoms with Gasteiger partial charge in [0.1, 0.15) is 0 Å². The Morgan fingerprint density at radius 3 is 2.52 bits per heavy atom. The van der Waals surface area contributed by atoms with Gasteiger partial charge in [-0.3, -0.25) is 9.59 Å². The molecule has 5 heteroatoms. The first-order chi connectivity index (χ1) is 11.1. The van der Waals surface area contributed by atoms with Gasteiger partial charge in [-0.1, -0.05) is 34.1 Å². The number of nitrogens with zero attached hydrogens (tertiary/aromatic N) is 2. The lowest BCUT2D eigenvalue weighted by Crippen LogP contribution is -2.37. The Balaban J connectivity index is 1.84. The first-order valence-corrected chi connectivity index (χ1v) is 8.30. The number of anilines is 2. The molecule has 4 nitrogen and oxygen atoms in total. The molecule has 2 amide bonds. The number of rotatable bonds is 1. The summed E-state index contributed by atoms with van der Waals surface area (Å²) in [6.07, 6.45) is 0. The summed E-state index contributed by atoms with van der Waals surface area (Å²) in [7, 11) is 1.96. The molecule has 0 aliphatic carbocycles. The molecule has 0 unspecified atom stereocenters. The molecule has 0 radical (unpaired) electrons. The van der Waals surface area contributed by atoms with E-state index in [0.717, 1.165) is 15.7 Å². The van der Waals surface area contributed by atoms with Gasteiger partial charge in [-0.25, -0.2) is 4.90 Å². The Bertz CT molecular complexity index is 806. The number of fused-ring (bicyclic) bond motifs is 3. The zero-order valence-electron chi connectivity index (χ0n) is 12.6. The van der Waals surface area contributed by atoms with Crippen molar-refractivity contribution >= 4 is 39.1 Å². The zero-order chi connectivity index (χ0) is 16.1. The molecule has 0 aromatic heterocycles. The number of imide groups is 1. The molecule has 116 valence electrons. The Morgan fingerprint density at radius 2 is 1.78 bits per heavy atom. The highest BCUT2D eigenvalue weighted by Crippen LogP contribution is 2.45. The van der Waals surface area contributed by atoms with Crippen LogP contribution in [0, 0.1) is 5.92 Å². The van der Waals surface area contributed by atoms with E-state index in [9.17, 15) is 9.59 Å². The molecule has 2 aliphatic heterocycles. The van der Waals surface area contributed by atoms with Crippen LogP contribution in [0.3, 0.4) is 0 Å². The number of hydrogen-bond acceptors (Lipinski definition) is 3. The van der Waals surface area contributed by atoms with Crippen molar-refractivity contribution in [3.8, 4) is 0 Å². The van der Waals surface area contributed by atoms with Crippen LogP contribution in [-0.2, 0) is 9.59 Å². The second kappa shape index (κ2) is 5.20. The van der Waals surface area contributed by atoms with Crippen LogP contribution >= 0.6 is 15.9 Å².